The fourth-order valence-corrected chi connectivity index (χ4v) is 6.60. The zero-order chi connectivity index (χ0) is 28.9. The molecule has 1 unspecified atom stereocenters. The number of nitrogens with zero attached hydrogens (tertiary/aromatic N) is 1. The van der Waals surface area contributed by atoms with Crippen molar-refractivity contribution in [1.29, 1.82) is 0 Å². The molecule has 1 aliphatic heterocycles. The van der Waals surface area contributed by atoms with Crippen molar-refractivity contribution in [2.75, 3.05) is 26.2 Å². The highest BCUT2D eigenvalue weighted by Gasteiger charge is 2.35. The highest BCUT2D eigenvalue weighted by molar-refractivity contribution is 7.97. The monoisotopic (exact) mass is 582 g/mol. The van der Waals surface area contributed by atoms with Crippen molar-refractivity contribution in [1.82, 2.24) is 4.90 Å². The summed E-state index contributed by atoms with van der Waals surface area (Å²) in [6, 6.07) is 16.7. The first kappa shape index (κ1) is 30.0. The largest absolute Gasteiger partial charge is 0.464 e. The third-order valence-corrected chi connectivity index (χ3v) is 9.05. The minimum Gasteiger partial charge on any atom is -0.464 e. The van der Waals surface area contributed by atoms with E-state index in [0.717, 1.165) is 60.7 Å². The van der Waals surface area contributed by atoms with Crippen molar-refractivity contribution < 1.29 is 35.9 Å². The number of esters is 1. The van der Waals surface area contributed by atoms with Crippen LogP contribution in [-0.4, -0.2) is 37.1 Å². The number of hydrogen-bond acceptors (Lipinski definition) is 3. The standard InChI is InChI=1S/C30H30F6NO2S/c1-21(20-39-28(38)19-37-17-3-2-4-18-37)22-5-11-25(12-6-22)40(26-13-7-23(8-14-26)29(31,32)33)27-15-9-24(10-16-27)30(34,35)36/h5-16,21H,2-4,17-20H2,1H3/q+1. The molecule has 1 aliphatic rings. The quantitative estimate of drug-likeness (QED) is 0.153. The lowest BCUT2D eigenvalue weighted by Gasteiger charge is -2.25. The van der Waals surface area contributed by atoms with Crippen molar-refractivity contribution in [3.8, 4) is 0 Å². The van der Waals surface area contributed by atoms with E-state index in [1.807, 2.05) is 31.2 Å². The number of carbonyl (C=O) groups is 1. The summed E-state index contributed by atoms with van der Waals surface area (Å²) in [5.74, 6) is -0.366. The molecule has 1 heterocycles. The number of piperidine rings is 1. The van der Waals surface area contributed by atoms with Gasteiger partial charge in [0.2, 0.25) is 0 Å². The Labute approximate surface area is 232 Å². The highest BCUT2D eigenvalue weighted by Crippen LogP contribution is 2.37. The maximum atomic E-state index is 13.1. The number of likely N-dealkylation sites (tertiary alicyclic amines) is 1. The van der Waals surface area contributed by atoms with E-state index < -0.39 is 34.4 Å². The van der Waals surface area contributed by atoms with Crippen molar-refractivity contribution in [3.05, 3.63) is 89.5 Å². The van der Waals surface area contributed by atoms with Crippen LogP contribution in [0.4, 0.5) is 26.3 Å². The Hall–Kier alpha value is -2.98. The number of benzene rings is 3. The molecule has 3 nitrogen and oxygen atoms in total. The normalized spacial score (nSPS) is 15.7. The topological polar surface area (TPSA) is 29.5 Å². The Kier molecular flexibility index (Phi) is 9.51. The highest BCUT2D eigenvalue weighted by atomic mass is 32.2. The average Bonchev–Trinajstić information content (AvgIpc) is 2.92. The van der Waals surface area contributed by atoms with E-state index in [9.17, 15) is 31.1 Å². The Morgan fingerprint density at radius 1 is 0.750 bits per heavy atom. The Bertz CT molecular complexity index is 1190. The number of carbonyl (C=O) groups excluding carboxylic acids is 1. The Balaban J connectivity index is 1.52. The van der Waals surface area contributed by atoms with Gasteiger partial charge < -0.3 is 4.74 Å². The van der Waals surface area contributed by atoms with Crippen molar-refractivity contribution in [2.24, 2.45) is 0 Å². The first-order valence-corrected chi connectivity index (χ1v) is 14.2. The van der Waals surface area contributed by atoms with Gasteiger partial charge in [-0.1, -0.05) is 25.5 Å². The van der Waals surface area contributed by atoms with E-state index in [4.69, 9.17) is 4.74 Å². The summed E-state index contributed by atoms with van der Waals surface area (Å²) < 4.78 is 84.3. The molecule has 0 amide bonds. The van der Waals surface area contributed by atoms with Gasteiger partial charge in [0, 0.05) is 5.92 Å². The molecule has 0 aliphatic carbocycles. The van der Waals surface area contributed by atoms with Gasteiger partial charge in [-0.2, -0.15) is 26.3 Å². The lowest BCUT2D eigenvalue weighted by molar-refractivity contribution is -0.145. The van der Waals surface area contributed by atoms with Crippen LogP contribution in [0.3, 0.4) is 0 Å². The van der Waals surface area contributed by atoms with Gasteiger partial charge in [-0.3, -0.25) is 9.69 Å². The van der Waals surface area contributed by atoms with Crippen LogP contribution in [0.5, 0.6) is 0 Å². The zero-order valence-corrected chi connectivity index (χ0v) is 22.7. The smallest absolute Gasteiger partial charge is 0.416 e. The number of ether oxygens (including phenoxy) is 1. The second kappa shape index (κ2) is 12.7. The van der Waals surface area contributed by atoms with E-state index in [-0.39, 0.29) is 25.0 Å². The van der Waals surface area contributed by atoms with Gasteiger partial charge in [0.15, 0.2) is 14.7 Å². The lowest BCUT2D eigenvalue weighted by Crippen LogP contribution is -2.35. The second-order valence-corrected chi connectivity index (χ2v) is 11.9. The molecule has 1 atom stereocenters. The number of alkyl halides is 6. The summed E-state index contributed by atoms with van der Waals surface area (Å²) in [6.45, 7) is 4.19. The van der Waals surface area contributed by atoms with Crippen LogP contribution in [0.2, 0.25) is 0 Å². The van der Waals surface area contributed by atoms with Crippen molar-refractivity contribution in [2.45, 2.75) is 59.1 Å². The maximum Gasteiger partial charge on any atom is 0.416 e. The van der Waals surface area contributed by atoms with E-state index in [2.05, 4.69) is 4.90 Å². The van der Waals surface area contributed by atoms with Gasteiger partial charge in [-0.15, -0.1) is 0 Å². The Morgan fingerprint density at radius 3 is 1.60 bits per heavy atom. The van der Waals surface area contributed by atoms with Crippen LogP contribution in [0.15, 0.2) is 87.5 Å². The van der Waals surface area contributed by atoms with Gasteiger partial charge in [-0.25, -0.2) is 0 Å². The first-order valence-electron chi connectivity index (χ1n) is 13.0. The zero-order valence-electron chi connectivity index (χ0n) is 21.9. The molecule has 3 aromatic rings. The summed E-state index contributed by atoms with van der Waals surface area (Å²) in [5, 5.41) is 0. The molecule has 1 fully saturated rings. The third-order valence-electron chi connectivity index (χ3n) is 6.82. The minimum absolute atomic E-state index is 0.0988. The number of rotatable bonds is 8. The molecular formula is C30H30F6NO2S+. The van der Waals surface area contributed by atoms with E-state index in [1.54, 1.807) is 0 Å². The first-order chi connectivity index (χ1) is 18.9. The molecule has 0 spiro atoms. The molecular weight excluding hydrogens is 552 g/mol. The molecule has 40 heavy (non-hydrogen) atoms. The van der Waals surface area contributed by atoms with Crippen molar-refractivity contribution in [3.63, 3.8) is 0 Å². The molecule has 10 heteroatoms. The SMILES string of the molecule is CC(COC(=O)CN1CCCCC1)c1ccc([S+](c2ccc(C(F)(F)F)cc2)c2ccc(C(F)(F)F)cc2)cc1. The molecule has 4 rings (SSSR count). The van der Waals surface area contributed by atoms with E-state index in [0.29, 0.717) is 9.79 Å². The van der Waals surface area contributed by atoms with Crippen LogP contribution >= 0.6 is 0 Å². The van der Waals surface area contributed by atoms with Crippen LogP contribution in [-0.2, 0) is 32.8 Å². The minimum atomic E-state index is -4.50. The van der Waals surface area contributed by atoms with Crippen LogP contribution < -0.4 is 0 Å². The lowest BCUT2D eigenvalue weighted by atomic mass is 10.0. The summed E-state index contributed by atoms with van der Waals surface area (Å²) in [5.41, 5.74) is -0.699. The molecule has 0 radical (unpaired) electrons. The number of halogens is 6. The van der Waals surface area contributed by atoms with Crippen LogP contribution in [0.1, 0.15) is 48.8 Å². The second-order valence-electron chi connectivity index (χ2n) is 9.84. The van der Waals surface area contributed by atoms with Gasteiger partial charge in [-0.05, 0) is 92.2 Å². The fraction of sp³-hybridized carbons (Fsp3) is 0.367. The average molecular weight is 583 g/mol. The van der Waals surface area contributed by atoms with Gasteiger partial charge >= 0.3 is 18.3 Å². The van der Waals surface area contributed by atoms with Crippen molar-refractivity contribution >= 4 is 16.9 Å². The number of hydrogen-bond donors (Lipinski definition) is 0. The van der Waals surface area contributed by atoms with Crippen LogP contribution in [0.25, 0.3) is 0 Å². The molecule has 0 aromatic heterocycles. The van der Waals surface area contributed by atoms with E-state index in [1.165, 1.54) is 30.7 Å². The molecule has 0 bridgehead atoms. The van der Waals surface area contributed by atoms with Crippen LogP contribution in [0, 0.1) is 0 Å². The maximum absolute atomic E-state index is 13.1. The van der Waals surface area contributed by atoms with Gasteiger partial charge in [0.1, 0.15) is 0 Å². The molecule has 3 aromatic carbocycles. The van der Waals surface area contributed by atoms with E-state index >= 15 is 0 Å². The predicted octanol–water partition coefficient (Wildman–Crippen LogP) is 7.95. The summed E-state index contributed by atoms with van der Waals surface area (Å²) >= 11 is 0. The molecule has 0 saturated carbocycles. The summed E-state index contributed by atoms with van der Waals surface area (Å²) in [4.78, 5) is 16.2. The third kappa shape index (κ3) is 7.81. The molecule has 214 valence electrons. The van der Waals surface area contributed by atoms with Gasteiger partial charge in [0.25, 0.3) is 0 Å². The summed E-state index contributed by atoms with van der Waals surface area (Å²) in [6.07, 6.45) is -5.66. The predicted molar refractivity (Wildman–Crippen MR) is 141 cm³/mol. The molecule has 0 N–H and O–H groups in total. The fourth-order valence-electron chi connectivity index (χ4n) is 4.56. The summed E-state index contributed by atoms with van der Waals surface area (Å²) in [7, 11) is -0.947. The van der Waals surface area contributed by atoms with Gasteiger partial charge in [0.05, 0.1) is 35.2 Å². The Morgan fingerprint density at radius 2 is 1.18 bits per heavy atom. The molecule has 1 saturated heterocycles.